The molecule has 1 heterocycles. The number of ketones is 1. The fourth-order valence-corrected chi connectivity index (χ4v) is 7.79. The van der Waals surface area contributed by atoms with Crippen LogP contribution in [0.5, 0.6) is 5.75 Å². The second-order valence-electron chi connectivity index (χ2n) is 15.8. The van der Waals surface area contributed by atoms with Crippen LogP contribution in [0.15, 0.2) is 47.4 Å². The second-order valence-corrected chi connectivity index (χ2v) is 21.6. The molecule has 280 valence electrons. The highest BCUT2D eigenvalue weighted by Crippen LogP contribution is 2.41. The topological polar surface area (TPSA) is 115 Å². The van der Waals surface area contributed by atoms with Crippen LogP contribution in [0.3, 0.4) is 0 Å². The van der Waals surface area contributed by atoms with Crippen LogP contribution in [0.1, 0.15) is 104 Å². The van der Waals surface area contributed by atoms with Crippen LogP contribution in [0, 0.1) is 24.2 Å². The minimum absolute atomic E-state index is 0.0506. The largest absolute Gasteiger partial charge is 0.497 e. The zero-order chi connectivity index (χ0) is 37.9. The molecule has 1 aromatic carbocycles. The van der Waals surface area contributed by atoms with E-state index in [2.05, 4.69) is 51.8 Å². The first-order chi connectivity index (χ1) is 23.2. The summed E-state index contributed by atoms with van der Waals surface area (Å²) < 4.78 is 18.5. The van der Waals surface area contributed by atoms with Gasteiger partial charge in [0.05, 0.1) is 54.6 Å². The molecule has 10 heteroatoms. The van der Waals surface area contributed by atoms with E-state index in [1.54, 1.807) is 32.3 Å². The van der Waals surface area contributed by atoms with Gasteiger partial charge in [0.2, 0.25) is 0 Å². The number of aliphatic carboxylic acids is 1. The number of ether oxygens (including phenoxy) is 2. The van der Waals surface area contributed by atoms with Crippen molar-refractivity contribution in [2.24, 2.45) is 17.3 Å². The molecule has 50 heavy (non-hydrogen) atoms. The summed E-state index contributed by atoms with van der Waals surface area (Å²) in [6.07, 6.45) is 7.25. The Kier molecular flexibility index (Phi) is 16.8. The number of benzene rings is 1. The molecular formula is C40H63NO7SSi. The smallest absolute Gasteiger partial charge is 0.306 e. The van der Waals surface area contributed by atoms with E-state index in [0.717, 1.165) is 46.9 Å². The fourth-order valence-electron chi connectivity index (χ4n) is 5.75. The number of unbranched alkanes of at least 4 members (excludes halogenated alkanes) is 1. The number of aromatic nitrogens is 1. The zero-order valence-electron chi connectivity index (χ0n) is 32.5. The van der Waals surface area contributed by atoms with Gasteiger partial charge in [0.25, 0.3) is 0 Å². The molecule has 0 unspecified atom stereocenters. The number of Topliss-reactive ketones (excluding diaryl/α,β-unsaturated/α-hetero) is 1. The quantitative estimate of drug-likeness (QED) is 0.0742. The average Bonchev–Trinajstić information content (AvgIpc) is 3.45. The number of carboxylic acid groups (broad SMARTS) is 1. The molecule has 0 aliphatic heterocycles. The molecule has 0 radical (unpaired) electrons. The van der Waals surface area contributed by atoms with Gasteiger partial charge in [-0.15, -0.1) is 11.3 Å². The number of carbonyl (C=O) groups is 2. The molecule has 2 rings (SSSR count). The molecule has 8 nitrogen and oxygen atoms in total. The number of hydrogen-bond donors (Lipinski definition) is 2. The molecule has 0 spiro atoms. The maximum Gasteiger partial charge on any atom is 0.306 e. The predicted octanol–water partition coefficient (Wildman–Crippen LogP) is 9.66. The van der Waals surface area contributed by atoms with Crippen LogP contribution in [0.4, 0.5) is 0 Å². The first kappa shape index (κ1) is 43.5. The standard InChI is InChI=1S/C40H63NO7SSi/c1-27(17-15-13-14-16-18-34(42)28(2)23-32-26-49-30(4)41-32)37(48-50(11,12)39(5,6)7)29(3)38(45)40(8,9)35(24-36(43)44)47-25-31-19-21-33(46-10)22-20-31/h14,16,19-23,26-27,29,34-35,37,42H,13,15,17-18,24-25H2,1-12H3,(H,43,44)/b16-14-,28-23+/t27-,29+,34-,35-,37-/m0/s1. The van der Waals surface area contributed by atoms with Crippen LogP contribution in [-0.2, 0) is 25.4 Å². The van der Waals surface area contributed by atoms with Gasteiger partial charge in [0.15, 0.2) is 8.32 Å². The van der Waals surface area contributed by atoms with Crippen LogP contribution in [-0.4, -0.2) is 60.7 Å². The molecule has 5 atom stereocenters. The number of aryl methyl sites for hydroxylation is 1. The first-order valence-corrected chi connectivity index (χ1v) is 21.6. The summed E-state index contributed by atoms with van der Waals surface area (Å²) in [6.45, 7) is 22.8. The molecule has 1 aromatic heterocycles. The summed E-state index contributed by atoms with van der Waals surface area (Å²) in [7, 11) is -0.667. The van der Waals surface area contributed by atoms with Crippen molar-refractivity contribution in [2.45, 2.75) is 137 Å². The van der Waals surface area contributed by atoms with Crippen LogP contribution in [0.2, 0.25) is 18.1 Å². The molecule has 0 saturated heterocycles. The highest BCUT2D eigenvalue weighted by molar-refractivity contribution is 7.09. The monoisotopic (exact) mass is 729 g/mol. The van der Waals surface area contributed by atoms with E-state index in [0.29, 0.717) is 6.42 Å². The molecule has 0 amide bonds. The Balaban J connectivity index is 2.15. The number of methoxy groups -OCH3 is 1. The maximum atomic E-state index is 14.4. The summed E-state index contributed by atoms with van der Waals surface area (Å²) in [5.41, 5.74) is 1.56. The van der Waals surface area contributed by atoms with Gasteiger partial charge in [0, 0.05) is 11.3 Å². The second kappa shape index (κ2) is 19.3. The van der Waals surface area contributed by atoms with Crippen molar-refractivity contribution in [1.29, 1.82) is 0 Å². The Bertz CT molecular complexity index is 1420. The lowest BCUT2D eigenvalue weighted by Gasteiger charge is -2.44. The van der Waals surface area contributed by atoms with E-state index in [1.165, 1.54) is 0 Å². The number of rotatable bonds is 21. The third kappa shape index (κ3) is 13.2. The lowest BCUT2D eigenvalue weighted by molar-refractivity contribution is -0.152. The van der Waals surface area contributed by atoms with Crippen molar-refractivity contribution >= 4 is 37.5 Å². The molecule has 2 N–H and O–H groups in total. The van der Waals surface area contributed by atoms with Crippen molar-refractivity contribution in [1.82, 2.24) is 4.98 Å². The number of nitrogens with zero attached hydrogens (tertiary/aromatic N) is 1. The lowest BCUT2D eigenvalue weighted by Crippen LogP contribution is -2.51. The van der Waals surface area contributed by atoms with Crippen LogP contribution >= 0.6 is 11.3 Å². The van der Waals surface area contributed by atoms with Crippen molar-refractivity contribution in [2.75, 3.05) is 7.11 Å². The van der Waals surface area contributed by atoms with Gasteiger partial charge in [-0.2, -0.15) is 0 Å². The van der Waals surface area contributed by atoms with E-state index >= 15 is 0 Å². The summed E-state index contributed by atoms with van der Waals surface area (Å²) in [6, 6.07) is 7.41. The Morgan fingerprint density at radius 1 is 1.06 bits per heavy atom. The SMILES string of the molecule is COc1ccc(CO[C@@H](CC(=O)O)C(C)(C)C(=O)[C@H](C)[C@@H](O[Si](C)(C)C(C)(C)C)[C@@H](C)CCC/C=C\C[C@H](O)/C(C)=C/c2csc(C)n2)cc1. The van der Waals surface area contributed by atoms with Crippen molar-refractivity contribution < 1.29 is 33.7 Å². The maximum absolute atomic E-state index is 14.4. The normalized spacial score (nSPS) is 16.2. The summed E-state index contributed by atoms with van der Waals surface area (Å²) in [5.74, 6) is -0.737. The number of carbonyl (C=O) groups excluding carboxylic acids is 1. The van der Waals surface area contributed by atoms with Crippen molar-refractivity contribution in [3.63, 3.8) is 0 Å². The van der Waals surface area contributed by atoms with Crippen molar-refractivity contribution in [3.8, 4) is 5.75 Å². The number of allylic oxidation sites excluding steroid dienone is 1. The minimum atomic E-state index is -2.27. The molecule has 2 aromatic rings. The van der Waals surface area contributed by atoms with Gasteiger partial charge < -0.3 is 24.1 Å². The summed E-state index contributed by atoms with van der Waals surface area (Å²) in [5, 5.41) is 23.4. The molecule has 0 fully saturated rings. The van der Waals surface area contributed by atoms with E-state index in [4.69, 9.17) is 13.9 Å². The molecule has 0 bridgehead atoms. The molecule has 0 aliphatic rings. The van der Waals surface area contributed by atoms with Crippen molar-refractivity contribution in [3.05, 3.63) is 63.6 Å². The average molecular weight is 730 g/mol. The Labute approximate surface area is 306 Å². The molecule has 0 saturated carbocycles. The van der Waals surface area contributed by atoms with Gasteiger partial charge in [-0.3, -0.25) is 9.59 Å². The number of aliphatic hydroxyl groups excluding tert-OH is 1. The molecule has 0 aliphatic carbocycles. The summed E-state index contributed by atoms with van der Waals surface area (Å²) in [4.78, 5) is 30.8. The van der Waals surface area contributed by atoms with E-state index < -0.39 is 37.8 Å². The highest BCUT2D eigenvalue weighted by atomic mass is 32.1. The number of aliphatic hydroxyl groups is 1. The predicted molar refractivity (Wildman–Crippen MR) is 207 cm³/mol. The highest BCUT2D eigenvalue weighted by Gasteiger charge is 2.47. The summed E-state index contributed by atoms with van der Waals surface area (Å²) >= 11 is 1.60. The third-order valence-electron chi connectivity index (χ3n) is 10.2. The minimum Gasteiger partial charge on any atom is -0.497 e. The Morgan fingerprint density at radius 2 is 1.70 bits per heavy atom. The van der Waals surface area contributed by atoms with E-state index in [-0.39, 0.29) is 35.9 Å². The third-order valence-corrected chi connectivity index (χ3v) is 15.5. The van der Waals surface area contributed by atoms with Crippen LogP contribution < -0.4 is 4.74 Å². The van der Waals surface area contributed by atoms with Gasteiger partial charge in [0.1, 0.15) is 11.5 Å². The van der Waals surface area contributed by atoms with Crippen LogP contribution in [0.25, 0.3) is 6.08 Å². The van der Waals surface area contributed by atoms with Gasteiger partial charge in [-0.1, -0.05) is 72.8 Å². The van der Waals surface area contributed by atoms with Gasteiger partial charge in [-0.05, 0) is 92.9 Å². The number of carboxylic acids is 1. The van der Waals surface area contributed by atoms with Gasteiger partial charge >= 0.3 is 5.97 Å². The fraction of sp³-hybridized carbons (Fsp3) is 0.625. The Morgan fingerprint density at radius 3 is 2.24 bits per heavy atom. The zero-order valence-corrected chi connectivity index (χ0v) is 34.4. The molecular weight excluding hydrogens is 667 g/mol. The number of thiazole rings is 1. The number of hydrogen-bond acceptors (Lipinski definition) is 8. The first-order valence-electron chi connectivity index (χ1n) is 17.8. The van der Waals surface area contributed by atoms with E-state index in [9.17, 15) is 19.8 Å². The lowest BCUT2D eigenvalue weighted by atomic mass is 9.73. The Hall–Kier alpha value is -2.63. The van der Waals surface area contributed by atoms with E-state index in [1.807, 2.05) is 62.6 Å². The van der Waals surface area contributed by atoms with Gasteiger partial charge in [-0.25, -0.2) is 4.98 Å².